The molecule has 16 heavy (non-hydrogen) atoms. The van der Waals surface area contributed by atoms with Crippen molar-refractivity contribution < 1.29 is 4.79 Å². The van der Waals surface area contributed by atoms with Crippen molar-refractivity contribution in [2.45, 2.75) is 83.1 Å². The predicted molar refractivity (Wildman–Crippen MR) is 68.4 cm³/mol. The molecule has 2 N–H and O–H groups in total. The Labute approximate surface area is 100.0 Å². The van der Waals surface area contributed by atoms with E-state index in [1.807, 2.05) is 0 Å². The molecule has 0 aromatic heterocycles. The zero-order valence-electron chi connectivity index (χ0n) is 10.8. The molecule has 0 aromatic rings. The number of hydrogen-bond donors (Lipinski definition) is 1. The minimum absolute atomic E-state index is 0.312. The Bertz CT molecular complexity index is 209. The molecule has 0 unspecified atom stereocenters. The first-order chi connectivity index (χ1) is 7.69. The highest BCUT2D eigenvalue weighted by atomic mass is 16.1. The summed E-state index contributed by atoms with van der Waals surface area (Å²) in [6.45, 7) is 2.23. The fourth-order valence-corrected chi connectivity index (χ4v) is 2.33. The third kappa shape index (κ3) is 4.25. The average molecular weight is 225 g/mol. The zero-order valence-corrected chi connectivity index (χ0v) is 10.8. The summed E-state index contributed by atoms with van der Waals surface area (Å²) in [6.07, 6.45) is 12.6. The van der Waals surface area contributed by atoms with Gasteiger partial charge >= 0.3 is 0 Å². The highest BCUT2D eigenvalue weighted by molar-refractivity contribution is 5.89. The molecule has 1 saturated carbocycles. The summed E-state index contributed by atoms with van der Waals surface area (Å²) in [5.74, 6) is 0.312. The van der Waals surface area contributed by atoms with Crippen LogP contribution in [0.2, 0.25) is 0 Å². The number of ketones is 1. The standard InChI is InChI=1S/C14H27NO/c1-2-3-4-5-6-7-8-10-13(16)14(15)11-9-12-14/h2-12,15H2,1H3. The van der Waals surface area contributed by atoms with E-state index in [0.29, 0.717) is 12.2 Å². The van der Waals surface area contributed by atoms with Crippen molar-refractivity contribution in [3.63, 3.8) is 0 Å². The van der Waals surface area contributed by atoms with Crippen molar-refractivity contribution in [3.8, 4) is 0 Å². The van der Waals surface area contributed by atoms with Crippen LogP contribution in [-0.2, 0) is 4.79 Å². The van der Waals surface area contributed by atoms with Crippen LogP contribution in [0.4, 0.5) is 0 Å². The fourth-order valence-electron chi connectivity index (χ4n) is 2.33. The van der Waals surface area contributed by atoms with Gasteiger partial charge < -0.3 is 5.73 Å². The van der Waals surface area contributed by atoms with Crippen LogP contribution in [0.25, 0.3) is 0 Å². The lowest BCUT2D eigenvalue weighted by Crippen LogP contribution is -2.53. The molecule has 1 aliphatic rings. The number of hydrogen-bond acceptors (Lipinski definition) is 2. The molecule has 1 rings (SSSR count). The molecule has 0 radical (unpaired) electrons. The molecule has 0 spiro atoms. The fraction of sp³-hybridized carbons (Fsp3) is 0.929. The quantitative estimate of drug-likeness (QED) is 0.609. The number of rotatable bonds is 9. The van der Waals surface area contributed by atoms with Gasteiger partial charge in [-0.25, -0.2) is 0 Å². The van der Waals surface area contributed by atoms with Gasteiger partial charge in [-0.15, -0.1) is 0 Å². The van der Waals surface area contributed by atoms with E-state index >= 15 is 0 Å². The van der Waals surface area contributed by atoms with Crippen molar-refractivity contribution in [1.82, 2.24) is 0 Å². The number of Topliss-reactive ketones (excluding diaryl/α,β-unsaturated/α-hetero) is 1. The Morgan fingerprint density at radius 3 is 2.12 bits per heavy atom. The number of nitrogens with two attached hydrogens (primary N) is 1. The van der Waals surface area contributed by atoms with Gasteiger partial charge in [-0.1, -0.05) is 45.4 Å². The van der Waals surface area contributed by atoms with Gasteiger partial charge in [0.2, 0.25) is 0 Å². The normalized spacial score (nSPS) is 18.1. The summed E-state index contributed by atoms with van der Waals surface area (Å²) in [4.78, 5) is 11.8. The maximum Gasteiger partial charge on any atom is 0.152 e. The van der Waals surface area contributed by atoms with Gasteiger partial charge in [0.15, 0.2) is 5.78 Å². The third-order valence-electron chi connectivity index (χ3n) is 3.81. The lowest BCUT2D eigenvalue weighted by atomic mass is 9.73. The topological polar surface area (TPSA) is 43.1 Å². The van der Waals surface area contributed by atoms with Crippen LogP contribution in [0.15, 0.2) is 0 Å². The second-order valence-electron chi connectivity index (χ2n) is 5.30. The summed E-state index contributed by atoms with van der Waals surface area (Å²) < 4.78 is 0. The summed E-state index contributed by atoms with van der Waals surface area (Å²) >= 11 is 0. The lowest BCUT2D eigenvalue weighted by molar-refractivity contribution is -0.127. The maximum atomic E-state index is 11.8. The third-order valence-corrected chi connectivity index (χ3v) is 3.81. The van der Waals surface area contributed by atoms with Crippen LogP contribution in [0.1, 0.15) is 77.6 Å². The lowest BCUT2D eigenvalue weighted by Gasteiger charge is -2.36. The van der Waals surface area contributed by atoms with Crippen LogP contribution in [0.5, 0.6) is 0 Å². The first-order valence-electron chi connectivity index (χ1n) is 7.01. The van der Waals surface area contributed by atoms with Crippen molar-refractivity contribution in [2.75, 3.05) is 0 Å². The summed E-state index contributed by atoms with van der Waals surface area (Å²) in [5, 5.41) is 0. The Morgan fingerprint density at radius 1 is 1.06 bits per heavy atom. The number of carbonyl (C=O) groups excluding carboxylic acids is 1. The molecule has 0 amide bonds. The van der Waals surface area contributed by atoms with Gasteiger partial charge in [-0.05, 0) is 25.7 Å². The second kappa shape index (κ2) is 7.05. The van der Waals surface area contributed by atoms with Crippen molar-refractivity contribution >= 4 is 5.78 Å². The van der Waals surface area contributed by atoms with E-state index in [0.717, 1.165) is 25.7 Å². The van der Waals surface area contributed by atoms with E-state index < -0.39 is 5.54 Å². The van der Waals surface area contributed by atoms with Crippen LogP contribution in [0, 0.1) is 0 Å². The molecule has 1 fully saturated rings. The van der Waals surface area contributed by atoms with Crippen molar-refractivity contribution in [3.05, 3.63) is 0 Å². The van der Waals surface area contributed by atoms with E-state index in [9.17, 15) is 4.79 Å². The first-order valence-corrected chi connectivity index (χ1v) is 7.01. The van der Waals surface area contributed by atoms with Gasteiger partial charge in [0.25, 0.3) is 0 Å². The SMILES string of the molecule is CCCCCCCCCC(=O)C1(N)CCC1. The van der Waals surface area contributed by atoms with E-state index in [4.69, 9.17) is 5.73 Å². The molecule has 0 bridgehead atoms. The van der Waals surface area contributed by atoms with E-state index in [2.05, 4.69) is 6.92 Å². The van der Waals surface area contributed by atoms with Crippen LogP contribution < -0.4 is 5.73 Å². The van der Waals surface area contributed by atoms with E-state index in [-0.39, 0.29) is 0 Å². The average Bonchev–Trinajstić information content (AvgIpc) is 2.24. The van der Waals surface area contributed by atoms with Crippen LogP contribution >= 0.6 is 0 Å². The summed E-state index contributed by atoms with van der Waals surface area (Å²) in [7, 11) is 0. The molecular formula is C14H27NO. The van der Waals surface area contributed by atoms with Gasteiger partial charge in [0, 0.05) is 6.42 Å². The first kappa shape index (κ1) is 13.7. The minimum atomic E-state index is -0.414. The van der Waals surface area contributed by atoms with Crippen molar-refractivity contribution in [1.29, 1.82) is 0 Å². The summed E-state index contributed by atoms with van der Waals surface area (Å²) in [6, 6.07) is 0. The zero-order chi connectivity index (χ0) is 11.9. The molecule has 1 aliphatic carbocycles. The highest BCUT2D eigenvalue weighted by Gasteiger charge is 2.38. The second-order valence-corrected chi connectivity index (χ2v) is 5.30. The van der Waals surface area contributed by atoms with E-state index in [1.54, 1.807) is 0 Å². The smallest absolute Gasteiger partial charge is 0.152 e. The predicted octanol–water partition coefficient (Wildman–Crippen LogP) is 3.58. The Balaban J connectivity index is 1.93. The van der Waals surface area contributed by atoms with Crippen LogP contribution in [0.3, 0.4) is 0 Å². The Morgan fingerprint density at radius 2 is 1.62 bits per heavy atom. The number of carbonyl (C=O) groups is 1. The Hall–Kier alpha value is -0.370. The van der Waals surface area contributed by atoms with Gasteiger partial charge in [-0.3, -0.25) is 4.79 Å². The summed E-state index contributed by atoms with van der Waals surface area (Å²) in [5.41, 5.74) is 5.56. The monoisotopic (exact) mass is 225 g/mol. The number of unbranched alkanes of at least 4 members (excludes halogenated alkanes) is 6. The molecule has 0 aliphatic heterocycles. The van der Waals surface area contributed by atoms with Gasteiger partial charge in [-0.2, -0.15) is 0 Å². The largest absolute Gasteiger partial charge is 0.319 e. The minimum Gasteiger partial charge on any atom is -0.319 e. The molecule has 2 heteroatoms. The molecular weight excluding hydrogens is 198 g/mol. The molecule has 0 aromatic carbocycles. The Kier molecular flexibility index (Phi) is 6.04. The maximum absolute atomic E-state index is 11.8. The van der Waals surface area contributed by atoms with Crippen molar-refractivity contribution in [2.24, 2.45) is 5.73 Å². The van der Waals surface area contributed by atoms with E-state index in [1.165, 1.54) is 38.5 Å². The highest BCUT2D eigenvalue weighted by Crippen LogP contribution is 2.31. The molecule has 0 heterocycles. The van der Waals surface area contributed by atoms with Gasteiger partial charge in [0.1, 0.15) is 0 Å². The molecule has 94 valence electrons. The molecule has 0 saturated heterocycles. The molecule has 0 atom stereocenters. The van der Waals surface area contributed by atoms with Crippen LogP contribution in [-0.4, -0.2) is 11.3 Å². The van der Waals surface area contributed by atoms with Gasteiger partial charge in [0.05, 0.1) is 5.54 Å². The molecule has 2 nitrogen and oxygen atoms in total.